The lowest BCUT2D eigenvalue weighted by Crippen LogP contribution is -2.61. The summed E-state index contributed by atoms with van der Waals surface area (Å²) in [4.78, 5) is 2.56. The second-order valence-electron chi connectivity index (χ2n) is 4.21. The van der Waals surface area contributed by atoms with Crippen molar-refractivity contribution in [2.24, 2.45) is 0 Å². The zero-order valence-corrected chi connectivity index (χ0v) is 8.85. The first-order valence-electron chi connectivity index (χ1n) is 5.10. The Morgan fingerprint density at radius 3 is 2.67 bits per heavy atom. The average molecular weight is 170 g/mol. The van der Waals surface area contributed by atoms with Crippen LogP contribution in [0.25, 0.3) is 0 Å². The van der Waals surface area contributed by atoms with Crippen LogP contribution in [0.2, 0.25) is 0 Å². The van der Waals surface area contributed by atoms with Crippen LogP contribution < -0.4 is 5.32 Å². The van der Waals surface area contributed by atoms with E-state index in [0.29, 0.717) is 11.6 Å². The number of nitrogens with one attached hydrogen (secondary N) is 1. The Kier molecular flexibility index (Phi) is 3.13. The first-order valence-corrected chi connectivity index (χ1v) is 5.10. The highest BCUT2D eigenvalue weighted by Crippen LogP contribution is 2.17. The highest BCUT2D eigenvalue weighted by Gasteiger charge is 2.31. The van der Waals surface area contributed by atoms with Crippen LogP contribution in [0.3, 0.4) is 0 Å². The maximum Gasteiger partial charge on any atom is 0.0278 e. The van der Waals surface area contributed by atoms with E-state index in [2.05, 4.69) is 37.9 Å². The zero-order chi connectivity index (χ0) is 9.19. The van der Waals surface area contributed by atoms with Gasteiger partial charge in [-0.2, -0.15) is 0 Å². The van der Waals surface area contributed by atoms with E-state index in [1.165, 1.54) is 19.5 Å². The SMILES string of the molecule is CCN1CC(C)(CC)NCC1C. The summed E-state index contributed by atoms with van der Waals surface area (Å²) in [5.74, 6) is 0. The molecular formula is C10H22N2. The monoisotopic (exact) mass is 170 g/mol. The van der Waals surface area contributed by atoms with Crippen LogP contribution in [0.1, 0.15) is 34.1 Å². The lowest BCUT2D eigenvalue weighted by molar-refractivity contribution is 0.0987. The largest absolute Gasteiger partial charge is 0.309 e. The first-order chi connectivity index (χ1) is 5.61. The highest BCUT2D eigenvalue weighted by molar-refractivity contribution is 4.92. The van der Waals surface area contributed by atoms with Crippen LogP contribution in [-0.4, -0.2) is 36.1 Å². The number of rotatable bonds is 2. The Hall–Kier alpha value is -0.0800. The van der Waals surface area contributed by atoms with Crippen molar-refractivity contribution in [1.29, 1.82) is 0 Å². The van der Waals surface area contributed by atoms with Crippen LogP contribution in [0, 0.1) is 0 Å². The van der Waals surface area contributed by atoms with Crippen molar-refractivity contribution in [2.45, 2.75) is 45.7 Å². The molecule has 0 aliphatic carbocycles. The second-order valence-corrected chi connectivity index (χ2v) is 4.21. The van der Waals surface area contributed by atoms with Gasteiger partial charge >= 0.3 is 0 Å². The van der Waals surface area contributed by atoms with Crippen molar-refractivity contribution < 1.29 is 0 Å². The van der Waals surface area contributed by atoms with Crippen LogP contribution in [0.5, 0.6) is 0 Å². The summed E-state index contributed by atoms with van der Waals surface area (Å²) in [6, 6.07) is 0.703. The molecule has 0 saturated carbocycles. The summed E-state index contributed by atoms with van der Waals surface area (Å²) in [6.45, 7) is 12.6. The van der Waals surface area contributed by atoms with Crippen molar-refractivity contribution in [2.75, 3.05) is 19.6 Å². The molecule has 1 heterocycles. The molecule has 0 bridgehead atoms. The number of hydrogen-bond acceptors (Lipinski definition) is 2. The van der Waals surface area contributed by atoms with Crippen LogP contribution >= 0.6 is 0 Å². The van der Waals surface area contributed by atoms with Crippen molar-refractivity contribution in [1.82, 2.24) is 10.2 Å². The van der Waals surface area contributed by atoms with Crippen molar-refractivity contribution >= 4 is 0 Å². The predicted octanol–water partition coefficient (Wildman–Crippen LogP) is 1.47. The Labute approximate surface area is 76.3 Å². The Morgan fingerprint density at radius 1 is 1.50 bits per heavy atom. The van der Waals surface area contributed by atoms with Gasteiger partial charge in [-0.15, -0.1) is 0 Å². The molecule has 0 spiro atoms. The molecule has 0 aromatic carbocycles. The van der Waals surface area contributed by atoms with E-state index in [9.17, 15) is 0 Å². The van der Waals surface area contributed by atoms with Gasteiger partial charge in [0, 0.05) is 24.7 Å². The molecule has 0 aromatic heterocycles. The minimum absolute atomic E-state index is 0.350. The van der Waals surface area contributed by atoms with E-state index < -0.39 is 0 Å². The number of likely N-dealkylation sites (N-methyl/N-ethyl adjacent to an activating group) is 1. The van der Waals surface area contributed by atoms with Gasteiger partial charge in [-0.3, -0.25) is 4.90 Å². The minimum atomic E-state index is 0.350. The maximum absolute atomic E-state index is 3.62. The van der Waals surface area contributed by atoms with Gasteiger partial charge in [0.15, 0.2) is 0 Å². The van der Waals surface area contributed by atoms with E-state index in [4.69, 9.17) is 0 Å². The summed E-state index contributed by atoms with van der Waals surface area (Å²) < 4.78 is 0. The highest BCUT2D eigenvalue weighted by atomic mass is 15.2. The molecule has 2 heteroatoms. The lowest BCUT2D eigenvalue weighted by Gasteiger charge is -2.44. The van der Waals surface area contributed by atoms with Gasteiger partial charge in [-0.25, -0.2) is 0 Å². The summed E-state index contributed by atoms with van der Waals surface area (Å²) in [6.07, 6.45) is 1.22. The van der Waals surface area contributed by atoms with E-state index >= 15 is 0 Å². The molecule has 2 unspecified atom stereocenters. The molecule has 2 atom stereocenters. The van der Waals surface area contributed by atoms with Crippen molar-refractivity contribution in [3.8, 4) is 0 Å². The fourth-order valence-electron chi connectivity index (χ4n) is 1.84. The van der Waals surface area contributed by atoms with Crippen LogP contribution in [0.4, 0.5) is 0 Å². The molecular weight excluding hydrogens is 148 g/mol. The normalized spacial score (nSPS) is 38.5. The van der Waals surface area contributed by atoms with Gasteiger partial charge in [0.1, 0.15) is 0 Å². The third-order valence-electron chi connectivity index (χ3n) is 3.19. The molecule has 1 saturated heterocycles. The average Bonchev–Trinajstić information content (AvgIpc) is 2.10. The van der Waals surface area contributed by atoms with Gasteiger partial charge in [-0.05, 0) is 26.8 Å². The number of hydrogen-bond donors (Lipinski definition) is 1. The van der Waals surface area contributed by atoms with Crippen molar-refractivity contribution in [3.63, 3.8) is 0 Å². The lowest BCUT2D eigenvalue weighted by atomic mass is 9.94. The van der Waals surface area contributed by atoms with Gasteiger partial charge in [0.25, 0.3) is 0 Å². The van der Waals surface area contributed by atoms with Gasteiger partial charge in [0.2, 0.25) is 0 Å². The molecule has 0 radical (unpaired) electrons. The molecule has 2 nitrogen and oxygen atoms in total. The minimum Gasteiger partial charge on any atom is -0.309 e. The standard InChI is InChI=1S/C10H22N2/c1-5-10(4)8-12(6-2)9(3)7-11-10/h9,11H,5-8H2,1-4H3. The fourth-order valence-corrected chi connectivity index (χ4v) is 1.84. The summed E-state index contributed by atoms with van der Waals surface area (Å²) in [7, 11) is 0. The number of nitrogens with zero attached hydrogens (tertiary/aromatic N) is 1. The Bertz CT molecular complexity index is 147. The molecule has 1 rings (SSSR count). The van der Waals surface area contributed by atoms with Crippen LogP contribution in [0.15, 0.2) is 0 Å². The number of piperazine rings is 1. The Balaban J connectivity index is 2.55. The summed E-state index contributed by atoms with van der Waals surface area (Å²) >= 11 is 0. The van der Waals surface area contributed by atoms with E-state index in [1.807, 2.05) is 0 Å². The molecule has 1 fully saturated rings. The van der Waals surface area contributed by atoms with E-state index in [-0.39, 0.29) is 0 Å². The fraction of sp³-hybridized carbons (Fsp3) is 1.00. The second kappa shape index (κ2) is 3.75. The maximum atomic E-state index is 3.62. The molecule has 1 N–H and O–H groups in total. The van der Waals surface area contributed by atoms with Gasteiger partial charge in [0.05, 0.1) is 0 Å². The van der Waals surface area contributed by atoms with E-state index in [1.54, 1.807) is 0 Å². The van der Waals surface area contributed by atoms with Crippen molar-refractivity contribution in [3.05, 3.63) is 0 Å². The third kappa shape index (κ3) is 1.99. The molecule has 1 aliphatic heterocycles. The topological polar surface area (TPSA) is 15.3 Å². The molecule has 0 aromatic rings. The van der Waals surface area contributed by atoms with E-state index in [0.717, 1.165) is 6.54 Å². The summed E-state index contributed by atoms with van der Waals surface area (Å²) in [5.41, 5.74) is 0.350. The van der Waals surface area contributed by atoms with Gasteiger partial charge in [-0.1, -0.05) is 13.8 Å². The summed E-state index contributed by atoms with van der Waals surface area (Å²) in [5, 5.41) is 3.62. The van der Waals surface area contributed by atoms with Gasteiger partial charge < -0.3 is 5.32 Å². The zero-order valence-electron chi connectivity index (χ0n) is 8.85. The molecule has 0 amide bonds. The first kappa shape index (κ1) is 10.0. The Morgan fingerprint density at radius 2 is 2.17 bits per heavy atom. The predicted molar refractivity (Wildman–Crippen MR) is 53.4 cm³/mol. The quantitative estimate of drug-likeness (QED) is 0.675. The molecule has 72 valence electrons. The molecule has 12 heavy (non-hydrogen) atoms. The molecule has 1 aliphatic rings. The smallest absolute Gasteiger partial charge is 0.0278 e. The third-order valence-corrected chi connectivity index (χ3v) is 3.19. The van der Waals surface area contributed by atoms with Crippen LogP contribution in [-0.2, 0) is 0 Å².